The fourth-order valence-electron chi connectivity index (χ4n) is 4.45. The highest BCUT2D eigenvalue weighted by atomic mass is 32.1. The summed E-state index contributed by atoms with van der Waals surface area (Å²) in [5.74, 6) is 0.890. The molecule has 3 aromatic rings. The zero-order valence-electron chi connectivity index (χ0n) is 16.8. The molecule has 7 heteroatoms. The average Bonchev–Trinajstić information content (AvgIpc) is 3.40. The fourth-order valence-corrected chi connectivity index (χ4v) is 5.35. The predicted molar refractivity (Wildman–Crippen MR) is 115 cm³/mol. The molecule has 3 heterocycles. The summed E-state index contributed by atoms with van der Waals surface area (Å²) in [5.41, 5.74) is 3.31. The van der Waals surface area contributed by atoms with E-state index >= 15 is 0 Å². The second-order valence-electron chi connectivity index (χ2n) is 8.41. The van der Waals surface area contributed by atoms with Gasteiger partial charge in [-0.25, -0.2) is 0 Å². The van der Waals surface area contributed by atoms with Gasteiger partial charge >= 0.3 is 5.97 Å². The number of hydrogen-bond acceptors (Lipinski definition) is 6. The molecule has 1 saturated heterocycles. The summed E-state index contributed by atoms with van der Waals surface area (Å²) in [5, 5.41) is 15.2. The number of aliphatic carboxylic acids is 1. The molecule has 0 spiro atoms. The topological polar surface area (TPSA) is 79.5 Å². The van der Waals surface area contributed by atoms with Crippen molar-refractivity contribution in [1.29, 1.82) is 0 Å². The van der Waals surface area contributed by atoms with E-state index in [2.05, 4.69) is 45.4 Å². The molecule has 30 heavy (non-hydrogen) atoms. The van der Waals surface area contributed by atoms with Gasteiger partial charge in [0.2, 0.25) is 5.82 Å². The lowest BCUT2D eigenvalue weighted by atomic mass is 9.84. The third-order valence-corrected chi connectivity index (χ3v) is 7.18. The summed E-state index contributed by atoms with van der Waals surface area (Å²) in [6.45, 7) is 2.00. The Kier molecular flexibility index (Phi) is 5.39. The minimum absolute atomic E-state index is 0.228. The molecule has 156 valence electrons. The van der Waals surface area contributed by atoms with Crippen molar-refractivity contribution in [3.8, 4) is 22.8 Å². The molecule has 1 saturated carbocycles. The summed E-state index contributed by atoms with van der Waals surface area (Å²) in [7, 11) is 0. The Hall–Kier alpha value is -2.51. The van der Waals surface area contributed by atoms with Crippen LogP contribution in [-0.4, -0.2) is 39.2 Å². The van der Waals surface area contributed by atoms with Gasteiger partial charge in [0.15, 0.2) is 0 Å². The van der Waals surface area contributed by atoms with E-state index in [-0.39, 0.29) is 5.92 Å². The number of carboxylic acids is 1. The normalized spacial score (nSPS) is 18.4. The highest BCUT2D eigenvalue weighted by Crippen LogP contribution is 2.34. The number of hydrogen-bond donors (Lipinski definition) is 1. The van der Waals surface area contributed by atoms with Crippen LogP contribution >= 0.6 is 11.3 Å². The SMILES string of the molecule is O=C(O)C1CN(Cc2cc(-c3noc(-c4ccc(C5CCCCC5)cc4)n3)cs2)C1. The largest absolute Gasteiger partial charge is 0.481 e. The van der Waals surface area contributed by atoms with Crippen LogP contribution < -0.4 is 0 Å². The zero-order valence-corrected chi connectivity index (χ0v) is 17.6. The highest BCUT2D eigenvalue weighted by Gasteiger charge is 2.32. The van der Waals surface area contributed by atoms with Crippen LogP contribution in [0.25, 0.3) is 22.8 Å². The van der Waals surface area contributed by atoms with E-state index in [1.54, 1.807) is 11.3 Å². The van der Waals surface area contributed by atoms with E-state index in [1.807, 2.05) is 5.38 Å². The summed E-state index contributed by atoms with van der Waals surface area (Å²) < 4.78 is 5.52. The Labute approximate surface area is 179 Å². The van der Waals surface area contributed by atoms with Gasteiger partial charge < -0.3 is 9.63 Å². The molecule has 1 N–H and O–H groups in total. The molecule has 2 aromatic heterocycles. The molecule has 0 atom stereocenters. The van der Waals surface area contributed by atoms with Crippen LogP contribution in [0.15, 0.2) is 40.2 Å². The van der Waals surface area contributed by atoms with Crippen molar-refractivity contribution >= 4 is 17.3 Å². The van der Waals surface area contributed by atoms with Crippen LogP contribution in [0.1, 0.15) is 48.5 Å². The molecule has 0 radical (unpaired) electrons. The van der Waals surface area contributed by atoms with Gasteiger partial charge in [0.1, 0.15) is 0 Å². The Bertz CT molecular complexity index is 1010. The third kappa shape index (κ3) is 4.04. The molecule has 2 fully saturated rings. The van der Waals surface area contributed by atoms with E-state index < -0.39 is 5.97 Å². The maximum Gasteiger partial charge on any atom is 0.309 e. The lowest BCUT2D eigenvalue weighted by molar-refractivity contribution is -0.147. The lowest BCUT2D eigenvalue weighted by Crippen LogP contribution is -2.49. The second-order valence-corrected chi connectivity index (χ2v) is 9.41. The third-order valence-electron chi connectivity index (χ3n) is 6.26. The first-order valence-corrected chi connectivity index (χ1v) is 11.5. The van der Waals surface area contributed by atoms with Crippen LogP contribution in [-0.2, 0) is 11.3 Å². The van der Waals surface area contributed by atoms with Gasteiger partial charge in [0, 0.05) is 41.0 Å². The fraction of sp³-hybridized carbons (Fsp3) is 0.435. The van der Waals surface area contributed by atoms with Crippen molar-refractivity contribution in [3.05, 3.63) is 46.2 Å². The smallest absolute Gasteiger partial charge is 0.309 e. The zero-order chi connectivity index (χ0) is 20.5. The maximum atomic E-state index is 10.9. The molecule has 0 bridgehead atoms. The van der Waals surface area contributed by atoms with E-state index in [1.165, 1.54) is 42.5 Å². The minimum atomic E-state index is -0.704. The number of rotatable bonds is 6. The van der Waals surface area contributed by atoms with Crippen LogP contribution in [0.4, 0.5) is 0 Å². The minimum Gasteiger partial charge on any atom is -0.481 e. The summed E-state index contributed by atoms with van der Waals surface area (Å²) in [4.78, 5) is 18.8. The molecule has 1 aliphatic carbocycles. The quantitative estimate of drug-likeness (QED) is 0.599. The average molecular weight is 424 g/mol. The number of carbonyl (C=O) groups is 1. The first-order valence-electron chi connectivity index (χ1n) is 10.6. The van der Waals surface area contributed by atoms with Gasteiger partial charge in [-0.15, -0.1) is 11.3 Å². The molecular formula is C23H25N3O3S. The number of carboxylic acid groups (broad SMARTS) is 1. The van der Waals surface area contributed by atoms with E-state index in [4.69, 9.17) is 9.63 Å². The van der Waals surface area contributed by atoms with Gasteiger partial charge in [0.25, 0.3) is 5.89 Å². The Morgan fingerprint density at radius 2 is 1.90 bits per heavy atom. The molecule has 0 amide bonds. The van der Waals surface area contributed by atoms with Crippen LogP contribution in [0.5, 0.6) is 0 Å². The van der Waals surface area contributed by atoms with Crippen molar-refractivity contribution in [2.45, 2.75) is 44.6 Å². The number of nitrogens with zero attached hydrogens (tertiary/aromatic N) is 3. The van der Waals surface area contributed by atoms with E-state index in [9.17, 15) is 4.79 Å². The van der Waals surface area contributed by atoms with Gasteiger partial charge in [-0.2, -0.15) is 4.98 Å². The molecule has 5 rings (SSSR count). The predicted octanol–water partition coefficient (Wildman–Crippen LogP) is 5.03. The summed E-state index contributed by atoms with van der Waals surface area (Å²) in [6.07, 6.45) is 6.61. The Morgan fingerprint density at radius 1 is 1.13 bits per heavy atom. The number of likely N-dealkylation sites (tertiary alicyclic amines) is 1. The Balaban J connectivity index is 1.23. The monoisotopic (exact) mass is 423 g/mol. The van der Waals surface area contributed by atoms with Crippen molar-refractivity contribution < 1.29 is 14.4 Å². The van der Waals surface area contributed by atoms with Crippen molar-refractivity contribution in [2.75, 3.05) is 13.1 Å². The molecule has 2 aliphatic rings. The van der Waals surface area contributed by atoms with E-state index in [0.29, 0.717) is 30.7 Å². The standard InChI is InChI=1S/C23H25N3O3S/c27-23(28)19-11-26(12-19)13-20-10-18(14-30-20)21-24-22(29-25-21)17-8-6-16(7-9-17)15-4-2-1-3-5-15/h6-10,14-15,19H,1-5,11-13H2,(H,27,28). The van der Waals surface area contributed by atoms with E-state index in [0.717, 1.165) is 17.7 Å². The van der Waals surface area contributed by atoms with Gasteiger partial charge in [-0.3, -0.25) is 9.69 Å². The maximum absolute atomic E-state index is 10.9. The van der Waals surface area contributed by atoms with Gasteiger partial charge in [0.05, 0.1) is 5.92 Å². The number of thiophene rings is 1. The molecule has 1 aromatic carbocycles. The molecule has 6 nitrogen and oxygen atoms in total. The second kappa shape index (κ2) is 8.32. The number of benzene rings is 1. The summed E-state index contributed by atoms with van der Waals surface area (Å²) in [6, 6.07) is 10.6. The Morgan fingerprint density at radius 3 is 2.63 bits per heavy atom. The molecular weight excluding hydrogens is 398 g/mol. The lowest BCUT2D eigenvalue weighted by Gasteiger charge is -2.36. The first kappa shape index (κ1) is 19.5. The van der Waals surface area contributed by atoms with Crippen molar-refractivity contribution in [2.24, 2.45) is 5.92 Å². The molecule has 1 aliphatic heterocycles. The van der Waals surface area contributed by atoms with Gasteiger partial charge in [-0.05, 0) is 42.5 Å². The van der Waals surface area contributed by atoms with Crippen LogP contribution in [0.2, 0.25) is 0 Å². The first-order chi connectivity index (χ1) is 14.7. The summed E-state index contributed by atoms with van der Waals surface area (Å²) >= 11 is 1.64. The van der Waals surface area contributed by atoms with Crippen LogP contribution in [0.3, 0.4) is 0 Å². The highest BCUT2D eigenvalue weighted by molar-refractivity contribution is 7.10. The molecule has 0 unspecified atom stereocenters. The van der Waals surface area contributed by atoms with Crippen LogP contribution in [0, 0.1) is 5.92 Å². The number of aromatic nitrogens is 2. The van der Waals surface area contributed by atoms with Crippen molar-refractivity contribution in [3.63, 3.8) is 0 Å². The van der Waals surface area contributed by atoms with Gasteiger partial charge in [-0.1, -0.05) is 36.6 Å². The van der Waals surface area contributed by atoms with Crippen molar-refractivity contribution in [1.82, 2.24) is 15.0 Å².